The second-order valence-electron chi connectivity index (χ2n) is 5.02. The quantitative estimate of drug-likeness (QED) is 0.619. The van der Waals surface area contributed by atoms with Crippen LogP contribution in [-0.4, -0.2) is 27.1 Å². The molecule has 112 valence electrons. The van der Waals surface area contributed by atoms with Gasteiger partial charge in [0.2, 0.25) is 0 Å². The minimum absolute atomic E-state index is 0.632. The maximum Gasteiger partial charge on any atom is 0.191 e. The lowest BCUT2D eigenvalue weighted by atomic mass is 10.2. The second-order valence-corrected chi connectivity index (χ2v) is 6.51. The molecule has 2 heterocycles. The van der Waals surface area contributed by atoms with E-state index in [0.29, 0.717) is 11.6 Å². The van der Waals surface area contributed by atoms with Gasteiger partial charge >= 0.3 is 0 Å². The summed E-state index contributed by atoms with van der Waals surface area (Å²) in [4.78, 5) is 0. The van der Waals surface area contributed by atoms with Crippen molar-refractivity contribution < 1.29 is 4.74 Å². The molecule has 3 rings (SSSR count). The molecule has 6 heteroatoms. The molecule has 0 radical (unpaired) electrons. The number of halogens is 1. The summed E-state index contributed by atoms with van der Waals surface area (Å²) in [5.41, 5.74) is 0. The number of fused-ring (bicyclic) bond motifs is 1. The topological polar surface area (TPSA) is 39.9 Å². The van der Waals surface area contributed by atoms with Gasteiger partial charge in [-0.1, -0.05) is 35.9 Å². The summed E-state index contributed by atoms with van der Waals surface area (Å²) in [6.07, 6.45) is 4.77. The average molecular weight is 324 g/mol. The Hall–Kier alpha value is -1.20. The molecular formula is C15H18ClN3OS. The Morgan fingerprint density at radius 3 is 3.10 bits per heavy atom. The summed E-state index contributed by atoms with van der Waals surface area (Å²) < 4.78 is 7.95. The summed E-state index contributed by atoms with van der Waals surface area (Å²) >= 11 is 7.63. The van der Waals surface area contributed by atoms with E-state index in [1.165, 1.54) is 19.3 Å². The van der Waals surface area contributed by atoms with Gasteiger partial charge in [0, 0.05) is 23.7 Å². The fourth-order valence-electron chi connectivity index (χ4n) is 2.41. The molecule has 2 aromatic rings. The molecule has 0 aliphatic carbocycles. The predicted molar refractivity (Wildman–Crippen MR) is 85.2 cm³/mol. The van der Waals surface area contributed by atoms with Crippen molar-refractivity contribution in [2.45, 2.75) is 37.4 Å². The molecule has 0 amide bonds. The Kier molecular flexibility index (Phi) is 5.04. The maximum atomic E-state index is 5.93. The van der Waals surface area contributed by atoms with Gasteiger partial charge in [-0.2, -0.15) is 0 Å². The van der Waals surface area contributed by atoms with E-state index >= 15 is 0 Å². The Labute approximate surface area is 133 Å². The molecule has 0 unspecified atom stereocenters. The zero-order valence-corrected chi connectivity index (χ0v) is 13.4. The summed E-state index contributed by atoms with van der Waals surface area (Å²) in [6.45, 7) is 1.67. The molecule has 0 spiro atoms. The van der Waals surface area contributed by atoms with Gasteiger partial charge in [0.05, 0.1) is 6.61 Å². The minimum atomic E-state index is 0.632. The smallest absolute Gasteiger partial charge is 0.191 e. The lowest BCUT2D eigenvalue weighted by Crippen LogP contribution is -2.05. The minimum Gasteiger partial charge on any atom is -0.493 e. The van der Waals surface area contributed by atoms with E-state index < -0.39 is 0 Å². The van der Waals surface area contributed by atoms with Crippen LogP contribution in [0.3, 0.4) is 0 Å². The van der Waals surface area contributed by atoms with Gasteiger partial charge in [-0.15, -0.1) is 10.2 Å². The monoisotopic (exact) mass is 323 g/mol. The Morgan fingerprint density at radius 2 is 2.19 bits per heavy atom. The molecule has 1 aromatic carbocycles. The number of benzene rings is 1. The Morgan fingerprint density at radius 1 is 1.24 bits per heavy atom. The Bertz CT molecular complexity index is 602. The number of hydrogen-bond donors (Lipinski definition) is 0. The van der Waals surface area contributed by atoms with Crippen molar-refractivity contribution >= 4 is 23.4 Å². The molecule has 1 aliphatic heterocycles. The lowest BCUT2D eigenvalue weighted by Gasteiger charge is -2.08. The van der Waals surface area contributed by atoms with Crippen LogP contribution in [0, 0.1) is 0 Å². The van der Waals surface area contributed by atoms with Gasteiger partial charge in [-0.25, -0.2) is 0 Å². The third-order valence-electron chi connectivity index (χ3n) is 3.45. The molecule has 0 fully saturated rings. The van der Waals surface area contributed by atoms with Crippen molar-refractivity contribution in [3.8, 4) is 5.75 Å². The molecule has 0 bridgehead atoms. The van der Waals surface area contributed by atoms with Gasteiger partial charge < -0.3 is 9.30 Å². The predicted octanol–water partition coefficient (Wildman–Crippen LogP) is 3.83. The number of ether oxygens (including phenoxy) is 1. The molecular weight excluding hydrogens is 306 g/mol. The zero-order valence-electron chi connectivity index (χ0n) is 11.8. The largest absolute Gasteiger partial charge is 0.493 e. The van der Waals surface area contributed by atoms with Gasteiger partial charge in [0.1, 0.15) is 11.6 Å². The van der Waals surface area contributed by atoms with Crippen LogP contribution in [-0.2, 0) is 13.0 Å². The Balaban J connectivity index is 1.51. The van der Waals surface area contributed by atoms with Crippen LogP contribution < -0.4 is 4.74 Å². The summed E-state index contributed by atoms with van der Waals surface area (Å²) in [5, 5.41) is 10.3. The molecule has 21 heavy (non-hydrogen) atoms. The number of nitrogens with zero attached hydrogens (tertiary/aromatic N) is 3. The van der Waals surface area contributed by atoms with Crippen LogP contribution >= 0.6 is 23.4 Å². The molecule has 0 N–H and O–H groups in total. The molecule has 1 aromatic heterocycles. The molecule has 0 saturated carbocycles. The van der Waals surface area contributed by atoms with Crippen LogP contribution in [0.2, 0.25) is 5.02 Å². The number of aryl methyl sites for hydroxylation is 1. The SMILES string of the molecule is Clc1cccc(OCCSc2nnc3n2CCCCC3)c1. The third kappa shape index (κ3) is 3.92. The van der Waals surface area contributed by atoms with E-state index in [1.54, 1.807) is 11.8 Å². The van der Waals surface area contributed by atoms with Crippen molar-refractivity contribution in [2.75, 3.05) is 12.4 Å². The highest BCUT2D eigenvalue weighted by Crippen LogP contribution is 2.22. The summed E-state index contributed by atoms with van der Waals surface area (Å²) in [5.74, 6) is 2.79. The lowest BCUT2D eigenvalue weighted by molar-refractivity contribution is 0.344. The first-order valence-electron chi connectivity index (χ1n) is 7.26. The van der Waals surface area contributed by atoms with Crippen LogP contribution in [0.4, 0.5) is 0 Å². The number of aromatic nitrogens is 3. The van der Waals surface area contributed by atoms with Gasteiger partial charge in [-0.05, 0) is 31.0 Å². The number of rotatable bonds is 5. The van der Waals surface area contributed by atoms with E-state index in [9.17, 15) is 0 Å². The first-order valence-corrected chi connectivity index (χ1v) is 8.62. The van der Waals surface area contributed by atoms with Crippen molar-refractivity contribution in [2.24, 2.45) is 0 Å². The van der Waals surface area contributed by atoms with E-state index in [4.69, 9.17) is 16.3 Å². The fourth-order valence-corrected chi connectivity index (χ4v) is 3.39. The first kappa shape index (κ1) is 14.7. The van der Waals surface area contributed by atoms with Gasteiger partial charge in [0.25, 0.3) is 0 Å². The van der Waals surface area contributed by atoms with Crippen LogP contribution in [0.5, 0.6) is 5.75 Å². The fraction of sp³-hybridized carbons (Fsp3) is 0.467. The summed E-state index contributed by atoms with van der Waals surface area (Å²) in [7, 11) is 0. The van der Waals surface area contributed by atoms with E-state index in [-0.39, 0.29) is 0 Å². The van der Waals surface area contributed by atoms with Crippen LogP contribution in [0.25, 0.3) is 0 Å². The van der Waals surface area contributed by atoms with Gasteiger partial charge in [-0.3, -0.25) is 0 Å². The molecule has 0 atom stereocenters. The molecule has 4 nitrogen and oxygen atoms in total. The molecule has 0 saturated heterocycles. The van der Waals surface area contributed by atoms with Crippen LogP contribution in [0.1, 0.15) is 25.1 Å². The number of hydrogen-bond acceptors (Lipinski definition) is 4. The average Bonchev–Trinajstić information content (AvgIpc) is 2.71. The first-order chi connectivity index (χ1) is 10.3. The molecule has 1 aliphatic rings. The highest BCUT2D eigenvalue weighted by molar-refractivity contribution is 7.99. The van der Waals surface area contributed by atoms with E-state index in [0.717, 1.165) is 35.4 Å². The highest BCUT2D eigenvalue weighted by Gasteiger charge is 2.14. The highest BCUT2D eigenvalue weighted by atomic mass is 35.5. The van der Waals surface area contributed by atoms with Gasteiger partial charge in [0.15, 0.2) is 5.16 Å². The second kappa shape index (κ2) is 7.18. The summed E-state index contributed by atoms with van der Waals surface area (Å²) in [6, 6.07) is 7.48. The maximum absolute atomic E-state index is 5.93. The van der Waals surface area contributed by atoms with Crippen molar-refractivity contribution in [1.82, 2.24) is 14.8 Å². The third-order valence-corrected chi connectivity index (χ3v) is 4.62. The zero-order chi connectivity index (χ0) is 14.5. The normalized spacial score (nSPS) is 14.5. The number of thioether (sulfide) groups is 1. The van der Waals surface area contributed by atoms with Crippen molar-refractivity contribution in [3.05, 3.63) is 35.1 Å². The standard InChI is InChI=1S/C15H18ClN3OS/c16-12-5-4-6-13(11-12)20-9-10-21-15-18-17-14-7-2-1-3-8-19(14)15/h4-6,11H,1-3,7-10H2. The van der Waals surface area contributed by atoms with E-state index in [1.807, 2.05) is 24.3 Å². The van der Waals surface area contributed by atoms with E-state index in [2.05, 4.69) is 14.8 Å². The van der Waals surface area contributed by atoms with Crippen LogP contribution in [0.15, 0.2) is 29.4 Å². The van der Waals surface area contributed by atoms with Crippen molar-refractivity contribution in [1.29, 1.82) is 0 Å². The van der Waals surface area contributed by atoms with Crippen molar-refractivity contribution in [3.63, 3.8) is 0 Å².